The molecule has 1 heterocycles. The van der Waals surface area contributed by atoms with Gasteiger partial charge in [-0.15, -0.1) is 0 Å². The summed E-state index contributed by atoms with van der Waals surface area (Å²) in [5.74, 6) is 0.621. The summed E-state index contributed by atoms with van der Waals surface area (Å²) >= 11 is 0. The zero-order valence-corrected chi connectivity index (χ0v) is 12.0. The lowest BCUT2D eigenvalue weighted by Crippen LogP contribution is -2.04. The van der Waals surface area contributed by atoms with Crippen molar-refractivity contribution >= 4 is 0 Å². The smallest absolute Gasteiger partial charge is 0.0955 e. The van der Waals surface area contributed by atoms with Gasteiger partial charge in [-0.05, 0) is 43.9 Å². The van der Waals surface area contributed by atoms with Gasteiger partial charge in [0.15, 0.2) is 0 Å². The minimum absolute atomic E-state index is 0.621. The van der Waals surface area contributed by atoms with Crippen LogP contribution in [0.5, 0.6) is 0 Å². The maximum Gasteiger partial charge on any atom is 0.0955 e. The average Bonchev–Trinajstić information content (AvgIpc) is 2.62. The molecule has 0 fully saturated rings. The number of rotatable bonds is 3. The van der Waals surface area contributed by atoms with Crippen LogP contribution in [0, 0.1) is 26.7 Å². The third-order valence-corrected chi connectivity index (χ3v) is 3.15. The highest BCUT2D eigenvalue weighted by Gasteiger charge is 2.11. The first-order valence-electron chi connectivity index (χ1n) is 6.59. The topological polar surface area (TPSA) is 17.8 Å². The van der Waals surface area contributed by atoms with Crippen LogP contribution in [0.15, 0.2) is 24.4 Å². The summed E-state index contributed by atoms with van der Waals surface area (Å²) in [4.78, 5) is 0. The maximum absolute atomic E-state index is 4.74. The monoisotopic (exact) mass is 242 g/mol. The van der Waals surface area contributed by atoms with Gasteiger partial charge in [-0.2, -0.15) is 5.10 Å². The van der Waals surface area contributed by atoms with Gasteiger partial charge in [0.2, 0.25) is 0 Å². The first kappa shape index (κ1) is 12.9. The van der Waals surface area contributed by atoms with Crippen LogP contribution in [-0.2, 0) is 6.54 Å². The molecular formula is C16H22N2. The Morgan fingerprint density at radius 1 is 1.11 bits per heavy atom. The minimum Gasteiger partial charge on any atom is -0.272 e. The molecule has 2 aromatic rings. The Hall–Kier alpha value is -1.57. The molecule has 0 radical (unpaired) electrons. The molecule has 1 aromatic heterocycles. The summed E-state index contributed by atoms with van der Waals surface area (Å²) in [5.41, 5.74) is 6.21. The van der Waals surface area contributed by atoms with E-state index in [-0.39, 0.29) is 0 Å². The molecule has 0 saturated heterocycles. The highest BCUT2D eigenvalue weighted by molar-refractivity contribution is 5.67. The Morgan fingerprint density at radius 3 is 2.50 bits per heavy atom. The van der Waals surface area contributed by atoms with Crippen LogP contribution in [-0.4, -0.2) is 9.78 Å². The quantitative estimate of drug-likeness (QED) is 0.791. The second kappa shape index (κ2) is 4.97. The predicted molar refractivity (Wildman–Crippen MR) is 76.7 cm³/mol. The van der Waals surface area contributed by atoms with E-state index in [0.29, 0.717) is 5.92 Å². The van der Waals surface area contributed by atoms with Crippen molar-refractivity contribution < 1.29 is 0 Å². The molecule has 2 heteroatoms. The molecule has 0 atom stereocenters. The minimum atomic E-state index is 0.621. The first-order chi connectivity index (χ1) is 8.47. The van der Waals surface area contributed by atoms with Crippen LogP contribution in [0.25, 0.3) is 11.3 Å². The standard InChI is InChI=1S/C16H22N2/c1-11(2)9-18-10-14(5)16(17-18)15-8-12(3)6-7-13(15)4/h6-8,10-11H,9H2,1-5H3. The molecule has 0 aliphatic heterocycles. The molecule has 0 saturated carbocycles. The van der Waals surface area contributed by atoms with E-state index < -0.39 is 0 Å². The van der Waals surface area contributed by atoms with Gasteiger partial charge in [0.1, 0.15) is 0 Å². The van der Waals surface area contributed by atoms with Crippen molar-refractivity contribution in [1.29, 1.82) is 0 Å². The molecule has 0 N–H and O–H groups in total. The molecule has 2 rings (SSSR count). The van der Waals surface area contributed by atoms with E-state index in [4.69, 9.17) is 5.10 Å². The van der Waals surface area contributed by atoms with Crippen LogP contribution in [0.1, 0.15) is 30.5 Å². The Labute approximate surface area is 110 Å². The van der Waals surface area contributed by atoms with E-state index in [2.05, 4.69) is 63.7 Å². The second-order valence-electron chi connectivity index (χ2n) is 5.59. The molecule has 0 aliphatic rings. The first-order valence-corrected chi connectivity index (χ1v) is 6.59. The summed E-state index contributed by atoms with van der Waals surface area (Å²) in [6.45, 7) is 11.8. The van der Waals surface area contributed by atoms with E-state index in [1.165, 1.54) is 22.3 Å². The van der Waals surface area contributed by atoms with Crippen LogP contribution in [0.4, 0.5) is 0 Å². The summed E-state index contributed by atoms with van der Waals surface area (Å²) in [7, 11) is 0. The highest BCUT2D eigenvalue weighted by atomic mass is 15.3. The third-order valence-electron chi connectivity index (χ3n) is 3.15. The lowest BCUT2D eigenvalue weighted by atomic mass is 10.0. The second-order valence-corrected chi connectivity index (χ2v) is 5.59. The van der Waals surface area contributed by atoms with Crippen molar-refractivity contribution in [3.05, 3.63) is 41.1 Å². The Bertz CT molecular complexity index is 550. The van der Waals surface area contributed by atoms with Crippen molar-refractivity contribution in [2.45, 2.75) is 41.2 Å². The van der Waals surface area contributed by atoms with Crippen molar-refractivity contribution in [2.75, 3.05) is 0 Å². The third kappa shape index (κ3) is 2.63. The summed E-state index contributed by atoms with van der Waals surface area (Å²) in [5, 5.41) is 4.74. The Morgan fingerprint density at radius 2 is 1.83 bits per heavy atom. The van der Waals surface area contributed by atoms with Crippen molar-refractivity contribution in [1.82, 2.24) is 9.78 Å². The van der Waals surface area contributed by atoms with Crippen LogP contribution < -0.4 is 0 Å². The number of benzene rings is 1. The SMILES string of the molecule is Cc1ccc(C)c(-c2nn(CC(C)C)cc2C)c1. The Balaban J connectivity index is 2.44. The van der Waals surface area contributed by atoms with Crippen molar-refractivity contribution in [3.8, 4) is 11.3 Å². The van der Waals surface area contributed by atoms with E-state index in [9.17, 15) is 0 Å². The van der Waals surface area contributed by atoms with Gasteiger partial charge < -0.3 is 0 Å². The molecule has 1 aromatic carbocycles. The van der Waals surface area contributed by atoms with Crippen molar-refractivity contribution in [3.63, 3.8) is 0 Å². The molecule has 0 spiro atoms. The largest absolute Gasteiger partial charge is 0.272 e. The van der Waals surface area contributed by atoms with E-state index in [0.717, 1.165) is 12.2 Å². The van der Waals surface area contributed by atoms with E-state index in [1.807, 2.05) is 0 Å². The molecule has 0 bridgehead atoms. The van der Waals surface area contributed by atoms with Gasteiger partial charge in [0.25, 0.3) is 0 Å². The number of hydrogen-bond donors (Lipinski definition) is 0. The molecule has 0 amide bonds. The van der Waals surface area contributed by atoms with Gasteiger partial charge in [0, 0.05) is 18.3 Å². The fraction of sp³-hybridized carbons (Fsp3) is 0.438. The zero-order chi connectivity index (χ0) is 13.3. The molecule has 2 nitrogen and oxygen atoms in total. The van der Waals surface area contributed by atoms with Gasteiger partial charge in [0.05, 0.1) is 5.69 Å². The Kier molecular flexibility index (Phi) is 3.55. The normalized spacial score (nSPS) is 11.2. The number of aromatic nitrogens is 2. The van der Waals surface area contributed by atoms with Gasteiger partial charge >= 0.3 is 0 Å². The summed E-state index contributed by atoms with van der Waals surface area (Å²) < 4.78 is 2.07. The van der Waals surface area contributed by atoms with Gasteiger partial charge in [-0.3, -0.25) is 4.68 Å². The van der Waals surface area contributed by atoms with Crippen LogP contribution in [0.3, 0.4) is 0 Å². The van der Waals surface area contributed by atoms with Crippen molar-refractivity contribution in [2.24, 2.45) is 5.92 Å². The van der Waals surface area contributed by atoms with Crippen LogP contribution >= 0.6 is 0 Å². The summed E-state index contributed by atoms with van der Waals surface area (Å²) in [6.07, 6.45) is 2.15. The number of hydrogen-bond acceptors (Lipinski definition) is 1. The maximum atomic E-state index is 4.74. The predicted octanol–water partition coefficient (Wildman–Crippen LogP) is 4.13. The molecular weight excluding hydrogens is 220 g/mol. The average molecular weight is 242 g/mol. The molecule has 96 valence electrons. The molecule has 0 unspecified atom stereocenters. The fourth-order valence-corrected chi connectivity index (χ4v) is 2.25. The van der Waals surface area contributed by atoms with Gasteiger partial charge in [-0.25, -0.2) is 0 Å². The lowest BCUT2D eigenvalue weighted by Gasteiger charge is -2.06. The lowest BCUT2D eigenvalue weighted by molar-refractivity contribution is 0.484. The molecule has 18 heavy (non-hydrogen) atoms. The molecule has 0 aliphatic carbocycles. The fourth-order valence-electron chi connectivity index (χ4n) is 2.25. The van der Waals surface area contributed by atoms with Gasteiger partial charge in [-0.1, -0.05) is 31.5 Å². The number of nitrogens with zero attached hydrogens (tertiary/aromatic N) is 2. The highest BCUT2D eigenvalue weighted by Crippen LogP contribution is 2.26. The number of aryl methyl sites for hydroxylation is 3. The van der Waals surface area contributed by atoms with Crippen LogP contribution in [0.2, 0.25) is 0 Å². The zero-order valence-electron chi connectivity index (χ0n) is 12.0. The van der Waals surface area contributed by atoms with E-state index in [1.54, 1.807) is 0 Å². The summed E-state index contributed by atoms with van der Waals surface area (Å²) in [6, 6.07) is 6.55. The van der Waals surface area contributed by atoms with E-state index >= 15 is 0 Å².